The highest BCUT2D eigenvalue weighted by molar-refractivity contribution is 5.94. The fourth-order valence-corrected chi connectivity index (χ4v) is 3.44. The average Bonchev–Trinajstić information content (AvgIpc) is 2.73. The summed E-state index contributed by atoms with van der Waals surface area (Å²) < 4.78 is 0. The largest absolute Gasteiger partial charge is 0.348 e. The van der Waals surface area contributed by atoms with Crippen molar-refractivity contribution in [3.8, 4) is 0 Å². The van der Waals surface area contributed by atoms with Gasteiger partial charge < -0.3 is 16.4 Å². The average molecular weight is 365 g/mol. The minimum absolute atomic E-state index is 0.107. The fourth-order valence-electron chi connectivity index (χ4n) is 3.44. The summed E-state index contributed by atoms with van der Waals surface area (Å²) in [5, 5.41) is 5.93. The van der Waals surface area contributed by atoms with Crippen molar-refractivity contribution >= 4 is 17.5 Å². The summed E-state index contributed by atoms with van der Waals surface area (Å²) in [6.45, 7) is 0.867. The second-order valence-electron chi connectivity index (χ2n) is 7.11. The Bertz CT molecular complexity index is 780. The number of amides is 2. The van der Waals surface area contributed by atoms with E-state index in [1.165, 1.54) is 6.42 Å². The van der Waals surface area contributed by atoms with Crippen molar-refractivity contribution < 1.29 is 9.59 Å². The van der Waals surface area contributed by atoms with E-state index in [0.29, 0.717) is 18.7 Å². The number of carbonyl (C=O) groups is 2. The molecule has 0 bridgehead atoms. The molecule has 0 aliphatic heterocycles. The number of benzene rings is 2. The summed E-state index contributed by atoms with van der Waals surface area (Å²) in [6, 6.07) is 14.9. The highest BCUT2D eigenvalue weighted by atomic mass is 16.2. The van der Waals surface area contributed by atoms with Crippen LogP contribution in [0.3, 0.4) is 0 Å². The molecule has 1 aliphatic rings. The van der Waals surface area contributed by atoms with Crippen LogP contribution in [0.15, 0.2) is 48.5 Å². The fraction of sp³-hybridized carbons (Fsp3) is 0.364. The number of rotatable bonds is 6. The minimum Gasteiger partial charge on any atom is -0.348 e. The van der Waals surface area contributed by atoms with Crippen molar-refractivity contribution in [1.82, 2.24) is 5.32 Å². The third kappa shape index (κ3) is 5.41. The first-order chi connectivity index (χ1) is 13.2. The molecule has 2 aromatic rings. The third-order valence-electron chi connectivity index (χ3n) is 5.08. The number of nitrogens with one attached hydrogen (secondary N) is 2. The Morgan fingerprint density at radius 1 is 0.963 bits per heavy atom. The molecule has 1 aliphatic carbocycles. The molecule has 0 spiro atoms. The van der Waals surface area contributed by atoms with Crippen molar-refractivity contribution in [2.24, 2.45) is 11.7 Å². The number of carbonyl (C=O) groups excluding carboxylic acids is 2. The van der Waals surface area contributed by atoms with Crippen LogP contribution in [0.25, 0.3) is 0 Å². The number of hydrogen-bond acceptors (Lipinski definition) is 3. The Morgan fingerprint density at radius 3 is 2.41 bits per heavy atom. The van der Waals surface area contributed by atoms with Crippen LogP contribution in [0.2, 0.25) is 0 Å². The molecule has 27 heavy (non-hydrogen) atoms. The zero-order valence-electron chi connectivity index (χ0n) is 15.5. The summed E-state index contributed by atoms with van der Waals surface area (Å²) in [7, 11) is 0. The van der Waals surface area contributed by atoms with Crippen LogP contribution in [0.5, 0.6) is 0 Å². The van der Waals surface area contributed by atoms with Gasteiger partial charge in [0.1, 0.15) is 0 Å². The van der Waals surface area contributed by atoms with E-state index in [2.05, 4.69) is 10.6 Å². The van der Waals surface area contributed by atoms with E-state index in [1.807, 2.05) is 36.4 Å². The molecule has 5 heteroatoms. The Morgan fingerprint density at radius 2 is 1.70 bits per heavy atom. The van der Waals surface area contributed by atoms with Crippen LogP contribution in [0.1, 0.15) is 53.6 Å². The van der Waals surface area contributed by atoms with Gasteiger partial charge in [0.05, 0.1) is 0 Å². The predicted molar refractivity (Wildman–Crippen MR) is 107 cm³/mol. The number of hydrogen-bond donors (Lipinski definition) is 3. The lowest BCUT2D eigenvalue weighted by Gasteiger charge is -2.20. The Hall–Kier alpha value is -2.66. The predicted octanol–water partition coefficient (Wildman–Crippen LogP) is 3.59. The standard InChI is InChI=1S/C22H27N3O2/c23-14-16-9-11-19(12-10-16)21(26)24-15-17-5-4-8-20(13-17)25-22(27)18-6-2-1-3-7-18/h4-5,8-13,18H,1-3,6-7,14-15,23H2,(H,24,26)(H,25,27). The Balaban J connectivity index is 1.55. The molecule has 0 radical (unpaired) electrons. The smallest absolute Gasteiger partial charge is 0.251 e. The molecular formula is C22H27N3O2. The van der Waals surface area contributed by atoms with Gasteiger partial charge in [-0.3, -0.25) is 9.59 Å². The maximum atomic E-state index is 12.4. The number of nitrogens with two attached hydrogens (primary N) is 1. The first kappa shape index (κ1) is 19.1. The van der Waals surface area contributed by atoms with Crippen LogP contribution in [-0.2, 0) is 17.9 Å². The van der Waals surface area contributed by atoms with Crippen LogP contribution in [0.4, 0.5) is 5.69 Å². The highest BCUT2D eigenvalue weighted by Crippen LogP contribution is 2.25. The molecule has 1 fully saturated rings. The van der Waals surface area contributed by atoms with Crippen LogP contribution in [0, 0.1) is 5.92 Å². The second kappa shape index (κ2) is 9.33. The van der Waals surface area contributed by atoms with Crippen molar-refractivity contribution in [3.63, 3.8) is 0 Å². The summed E-state index contributed by atoms with van der Waals surface area (Å²) in [6.07, 6.45) is 5.45. The molecule has 4 N–H and O–H groups in total. The molecule has 0 atom stereocenters. The van der Waals surface area contributed by atoms with Gasteiger partial charge in [0, 0.05) is 30.3 Å². The molecule has 0 unspecified atom stereocenters. The topological polar surface area (TPSA) is 84.2 Å². The first-order valence-corrected chi connectivity index (χ1v) is 9.63. The van der Waals surface area contributed by atoms with Crippen molar-refractivity contribution in [2.75, 3.05) is 5.32 Å². The molecule has 1 saturated carbocycles. The lowest BCUT2D eigenvalue weighted by atomic mass is 9.88. The quantitative estimate of drug-likeness (QED) is 0.731. The summed E-state index contributed by atoms with van der Waals surface area (Å²) >= 11 is 0. The molecule has 0 heterocycles. The lowest BCUT2D eigenvalue weighted by molar-refractivity contribution is -0.120. The normalized spacial score (nSPS) is 14.6. The molecule has 5 nitrogen and oxygen atoms in total. The molecule has 2 amide bonds. The van der Waals surface area contributed by atoms with Gasteiger partial charge in [-0.05, 0) is 48.2 Å². The van der Waals surface area contributed by atoms with Gasteiger partial charge in [-0.25, -0.2) is 0 Å². The van der Waals surface area contributed by atoms with E-state index in [-0.39, 0.29) is 17.7 Å². The third-order valence-corrected chi connectivity index (χ3v) is 5.08. The molecule has 0 saturated heterocycles. The summed E-state index contributed by atoms with van der Waals surface area (Å²) in [4.78, 5) is 24.7. The molecular weight excluding hydrogens is 338 g/mol. The molecule has 3 rings (SSSR count). The van der Waals surface area contributed by atoms with Gasteiger partial charge in [-0.1, -0.05) is 43.5 Å². The molecule has 2 aromatic carbocycles. The van der Waals surface area contributed by atoms with Gasteiger partial charge in [0.25, 0.3) is 5.91 Å². The van der Waals surface area contributed by atoms with E-state index < -0.39 is 0 Å². The second-order valence-corrected chi connectivity index (χ2v) is 7.11. The molecule has 0 aromatic heterocycles. The number of anilines is 1. The maximum Gasteiger partial charge on any atom is 0.251 e. The van der Waals surface area contributed by atoms with Gasteiger partial charge in [-0.15, -0.1) is 0 Å². The van der Waals surface area contributed by atoms with Gasteiger partial charge in [0.15, 0.2) is 0 Å². The van der Waals surface area contributed by atoms with E-state index in [1.54, 1.807) is 12.1 Å². The maximum absolute atomic E-state index is 12.4. The highest BCUT2D eigenvalue weighted by Gasteiger charge is 2.21. The SMILES string of the molecule is NCc1ccc(C(=O)NCc2cccc(NC(=O)C3CCCCC3)c2)cc1. The Labute approximate surface area is 160 Å². The van der Waals surface area contributed by atoms with E-state index in [0.717, 1.165) is 42.5 Å². The van der Waals surface area contributed by atoms with E-state index in [9.17, 15) is 9.59 Å². The lowest BCUT2D eigenvalue weighted by Crippen LogP contribution is -2.25. The summed E-state index contributed by atoms with van der Waals surface area (Å²) in [5.74, 6) is 0.102. The first-order valence-electron chi connectivity index (χ1n) is 9.63. The van der Waals surface area contributed by atoms with Gasteiger partial charge in [0.2, 0.25) is 5.91 Å². The zero-order valence-corrected chi connectivity index (χ0v) is 15.5. The van der Waals surface area contributed by atoms with Crippen molar-refractivity contribution in [2.45, 2.75) is 45.2 Å². The van der Waals surface area contributed by atoms with Crippen molar-refractivity contribution in [3.05, 3.63) is 65.2 Å². The van der Waals surface area contributed by atoms with Gasteiger partial charge in [-0.2, -0.15) is 0 Å². The van der Waals surface area contributed by atoms with Crippen LogP contribution < -0.4 is 16.4 Å². The van der Waals surface area contributed by atoms with Crippen molar-refractivity contribution in [1.29, 1.82) is 0 Å². The zero-order chi connectivity index (χ0) is 19.1. The van der Waals surface area contributed by atoms with Crippen LogP contribution >= 0.6 is 0 Å². The molecule has 142 valence electrons. The monoisotopic (exact) mass is 365 g/mol. The van der Waals surface area contributed by atoms with E-state index >= 15 is 0 Å². The van der Waals surface area contributed by atoms with Gasteiger partial charge >= 0.3 is 0 Å². The van der Waals surface area contributed by atoms with E-state index in [4.69, 9.17) is 5.73 Å². The Kier molecular flexibility index (Phi) is 6.60. The minimum atomic E-state index is -0.129. The summed E-state index contributed by atoms with van der Waals surface area (Å²) in [5.41, 5.74) is 8.90. The van der Waals surface area contributed by atoms with Crippen LogP contribution in [-0.4, -0.2) is 11.8 Å².